The fourth-order valence-electron chi connectivity index (χ4n) is 5.75. The van der Waals surface area contributed by atoms with Crippen molar-refractivity contribution in [1.29, 1.82) is 0 Å². The van der Waals surface area contributed by atoms with E-state index in [9.17, 15) is 24.3 Å². The summed E-state index contributed by atoms with van der Waals surface area (Å²) in [6.45, 7) is 4.40. The molecule has 1 saturated heterocycles. The van der Waals surface area contributed by atoms with Crippen molar-refractivity contribution in [3.05, 3.63) is 35.9 Å². The zero-order chi connectivity index (χ0) is 28.6. The number of alkyl carbamates (subject to hydrolysis) is 1. The summed E-state index contributed by atoms with van der Waals surface area (Å²) in [7, 11) is 0. The lowest BCUT2D eigenvalue weighted by Crippen LogP contribution is -2.56. The van der Waals surface area contributed by atoms with Crippen molar-refractivity contribution < 1.29 is 29.0 Å². The SMILES string of the molecule is CC(C)C[C@H](NC(=O)OC1CCCC1Cc1ccccc1)C(=O)N[C@H](CC1CCNC1=O)C(O)C(=O)NC1CC1. The lowest BCUT2D eigenvalue weighted by molar-refractivity contribution is -0.134. The Bertz CT molecular complexity index is 1030. The van der Waals surface area contributed by atoms with Gasteiger partial charge in [0, 0.05) is 24.4 Å². The first-order valence-corrected chi connectivity index (χ1v) is 14.8. The first-order chi connectivity index (χ1) is 19.2. The largest absolute Gasteiger partial charge is 0.446 e. The maximum Gasteiger partial charge on any atom is 0.408 e. The lowest BCUT2D eigenvalue weighted by Gasteiger charge is -2.28. The molecule has 0 spiro atoms. The zero-order valence-corrected chi connectivity index (χ0v) is 23.6. The van der Waals surface area contributed by atoms with Gasteiger partial charge in [-0.25, -0.2) is 4.79 Å². The summed E-state index contributed by atoms with van der Waals surface area (Å²) < 4.78 is 5.82. The third kappa shape index (κ3) is 8.68. The predicted octanol–water partition coefficient (Wildman–Crippen LogP) is 2.19. The number of carbonyl (C=O) groups excluding carboxylic acids is 4. The van der Waals surface area contributed by atoms with Crippen LogP contribution in [0.5, 0.6) is 0 Å². The van der Waals surface area contributed by atoms with Gasteiger partial charge in [-0.3, -0.25) is 14.4 Å². The van der Waals surface area contributed by atoms with E-state index in [2.05, 4.69) is 33.4 Å². The third-order valence-corrected chi connectivity index (χ3v) is 8.11. The molecule has 10 nitrogen and oxygen atoms in total. The molecule has 40 heavy (non-hydrogen) atoms. The predicted molar refractivity (Wildman–Crippen MR) is 149 cm³/mol. The van der Waals surface area contributed by atoms with Gasteiger partial charge in [0.1, 0.15) is 12.1 Å². The fraction of sp³-hybridized carbons (Fsp3) is 0.667. The van der Waals surface area contributed by atoms with Crippen LogP contribution in [0.25, 0.3) is 0 Å². The molecule has 4 amide bonds. The second kappa shape index (κ2) is 14.0. The molecule has 2 saturated carbocycles. The summed E-state index contributed by atoms with van der Waals surface area (Å²) in [5, 5.41) is 21.9. The number of ether oxygens (including phenoxy) is 1. The molecule has 3 fully saturated rings. The molecule has 220 valence electrons. The molecule has 0 radical (unpaired) electrons. The minimum atomic E-state index is -1.51. The number of amides is 4. The lowest BCUT2D eigenvalue weighted by atomic mass is 9.93. The van der Waals surface area contributed by atoms with Crippen molar-refractivity contribution in [2.24, 2.45) is 17.8 Å². The van der Waals surface area contributed by atoms with Crippen LogP contribution in [0.15, 0.2) is 30.3 Å². The molecule has 4 unspecified atom stereocenters. The van der Waals surface area contributed by atoms with Gasteiger partial charge in [-0.15, -0.1) is 0 Å². The van der Waals surface area contributed by atoms with Gasteiger partial charge in [0.25, 0.3) is 5.91 Å². The minimum absolute atomic E-state index is 0.0414. The van der Waals surface area contributed by atoms with Crippen LogP contribution in [0.3, 0.4) is 0 Å². The molecular formula is C30H44N4O6. The topological polar surface area (TPSA) is 146 Å². The van der Waals surface area contributed by atoms with E-state index in [0.717, 1.165) is 38.5 Å². The number of benzene rings is 1. The molecule has 6 atom stereocenters. The first kappa shape index (κ1) is 29.8. The Morgan fingerprint density at radius 1 is 1.02 bits per heavy atom. The van der Waals surface area contributed by atoms with Gasteiger partial charge in [-0.2, -0.15) is 0 Å². The average Bonchev–Trinajstić information content (AvgIpc) is 3.49. The molecule has 1 aromatic rings. The first-order valence-electron chi connectivity index (χ1n) is 14.8. The van der Waals surface area contributed by atoms with Gasteiger partial charge in [0.05, 0.1) is 6.04 Å². The summed E-state index contributed by atoms with van der Waals surface area (Å²) in [5.41, 5.74) is 1.20. The maximum absolute atomic E-state index is 13.5. The Hall–Kier alpha value is -3.14. The van der Waals surface area contributed by atoms with E-state index in [1.807, 2.05) is 32.0 Å². The molecule has 5 N–H and O–H groups in total. The summed E-state index contributed by atoms with van der Waals surface area (Å²) in [4.78, 5) is 51.3. The van der Waals surface area contributed by atoms with E-state index in [0.29, 0.717) is 19.4 Å². The quantitative estimate of drug-likeness (QED) is 0.252. The van der Waals surface area contributed by atoms with Crippen molar-refractivity contribution in [1.82, 2.24) is 21.3 Å². The number of carbonyl (C=O) groups is 4. The summed E-state index contributed by atoms with van der Waals surface area (Å²) >= 11 is 0. The Labute approximate surface area is 236 Å². The number of hydrogen-bond acceptors (Lipinski definition) is 6. The highest BCUT2D eigenvalue weighted by molar-refractivity contribution is 5.88. The van der Waals surface area contributed by atoms with E-state index in [1.165, 1.54) is 5.56 Å². The highest BCUT2D eigenvalue weighted by Gasteiger charge is 2.38. The maximum atomic E-state index is 13.5. The molecule has 1 aliphatic heterocycles. The van der Waals surface area contributed by atoms with Crippen LogP contribution in [0.4, 0.5) is 4.79 Å². The molecule has 0 bridgehead atoms. The second-order valence-electron chi connectivity index (χ2n) is 12.0. The Kier molecular flexibility index (Phi) is 10.4. The number of aliphatic hydroxyl groups excluding tert-OH is 1. The summed E-state index contributed by atoms with van der Waals surface area (Å²) in [5.74, 6) is -1.36. The van der Waals surface area contributed by atoms with Gasteiger partial charge in [-0.1, -0.05) is 44.2 Å². The fourth-order valence-corrected chi connectivity index (χ4v) is 5.75. The molecule has 3 aliphatic rings. The van der Waals surface area contributed by atoms with Gasteiger partial charge < -0.3 is 31.1 Å². The number of aliphatic hydroxyl groups is 1. The smallest absolute Gasteiger partial charge is 0.408 e. The van der Waals surface area contributed by atoms with Crippen LogP contribution in [0, 0.1) is 17.8 Å². The highest BCUT2D eigenvalue weighted by atomic mass is 16.6. The molecule has 10 heteroatoms. The third-order valence-electron chi connectivity index (χ3n) is 8.11. The highest BCUT2D eigenvalue weighted by Crippen LogP contribution is 2.31. The molecule has 1 aromatic carbocycles. The number of nitrogens with one attached hydrogen (secondary N) is 4. The molecule has 1 heterocycles. The van der Waals surface area contributed by atoms with Gasteiger partial charge in [-0.05, 0) is 69.3 Å². The second-order valence-corrected chi connectivity index (χ2v) is 12.0. The van der Waals surface area contributed by atoms with E-state index in [4.69, 9.17) is 4.74 Å². The van der Waals surface area contributed by atoms with E-state index >= 15 is 0 Å². The molecular weight excluding hydrogens is 512 g/mol. The van der Waals surface area contributed by atoms with Crippen molar-refractivity contribution >= 4 is 23.8 Å². The monoisotopic (exact) mass is 556 g/mol. The minimum Gasteiger partial charge on any atom is -0.446 e. The van der Waals surface area contributed by atoms with E-state index in [-0.39, 0.29) is 36.3 Å². The molecule has 0 aromatic heterocycles. The van der Waals surface area contributed by atoms with Gasteiger partial charge >= 0.3 is 6.09 Å². The van der Waals surface area contributed by atoms with E-state index in [1.54, 1.807) is 0 Å². The Morgan fingerprint density at radius 3 is 2.42 bits per heavy atom. The molecule has 4 rings (SSSR count). The van der Waals surface area contributed by atoms with Crippen LogP contribution in [0.1, 0.15) is 70.8 Å². The van der Waals surface area contributed by atoms with Crippen LogP contribution >= 0.6 is 0 Å². The standard InChI is InChI=1S/C30H44N4O6/c1-18(2)15-24(34-30(39)40-25-10-6-9-20(25)16-19-7-4-3-5-8-19)28(37)33-23(17-21-13-14-31-27(21)36)26(35)29(38)32-22-11-12-22/h3-5,7-8,18,20-26,35H,6,9-17H2,1-2H3,(H,31,36)(H,32,38)(H,33,37)(H,34,39)/t20?,21?,23-,24+,25?,26?/m1/s1. The van der Waals surface area contributed by atoms with Gasteiger partial charge in [0.2, 0.25) is 11.8 Å². The molecule has 2 aliphatic carbocycles. The van der Waals surface area contributed by atoms with Gasteiger partial charge in [0.15, 0.2) is 6.10 Å². The van der Waals surface area contributed by atoms with Crippen LogP contribution < -0.4 is 21.3 Å². The number of rotatable bonds is 13. The normalized spacial score (nSPS) is 24.6. The summed E-state index contributed by atoms with van der Waals surface area (Å²) in [6, 6.07) is 8.28. The Balaban J connectivity index is 1.38. The average molecular weight is 557 g/mol. The van der Waals surface area contributed by atoms with Crippen LogP contribution in [-0.2, 0) is 25.5 Å². The van der Waals surface area contributed by atoms with Crippen LogP contribution in [0.2, 0.25) is 0 Å². The van der Waals surface area contributed by atoms with Crippen molar-refractivity contribution in [2.45, 2.75) is 102 Å². The van der Waals surface area contributed by atoms with Crippen molar-refractivity contribution in [3.63, 3.8) is 0 Å². The van der Waals surface area contributed by atoms with Crippen molar-refractivity contribution in [2.75, 3.05) is 6.54 Å². The van der Waals surface area contributed by atoms with Crippen molar-refractivity contribution in [3.8, 4) is 0 Å². The summed E-state index contributed by atoms with van der Waals surface area (Å²) in [6.07, 6.45) is 3.91. The Morgan fingerprint density at radius 2 is 1.77 bits per heavy atom. The number of hydrogen-bond donors (Lipinski definition) is 5. The van der Waals surface area contributed by atoms with Crippen LogP contribution in [-0.4, -0.2) is 65.8 Å². The zero-order valence-electron chi connectivity index (χ0n) is 23.6. The van der Waals surface area contributed by atoms with E-state index < -0.39 is 42.0 Å².